The zero-order chi connectivity index (χ0) is 19.2. The summed E-state index contributed by atoms with van der Waals surface area (Å²) in [5, 5.41) is 12.6. The largest absolute Gasteiger partial charge is 0.357 e. The molecule has 0 aliphatic carbocycles. The number of thiocarbonyl (C=S) groups is 2. The van der Waals surface area contributed by atoms with Crippen LogP contribution in [0.5, 0.6) is 0 Å². The van der Waals surface area contributed by atoms with Crippen LogP contribution in [-0.4, -0.2) is 54.6 Å². The monoisotopic (exact) mass is 381 g/mol. The molecule has 2 aliphatic rings. The Kier molecular flexibility index (Phi) is 5.12. The Morgan fingerprint density at radius 1 is 1.44 bits per heavy atom. The molecule has 2 saturated heterocycles. The number of carbonyl (C=O) groups is 1. The third kappa shape index (κ3) is 3.76. The number of nitrogens with one attached hydrogen (secondary N) is 1. The number of nitrogens with zero attached hydrogens (tertiary/aromatic N) is 4. The van der Waals surface area contributed by atoms with E-state index in [2.05, 4.69) is 34.4 Å². The van der Waals surface area contributed by atoms with E-state index in [0.29, 0.717) is 18.0 Å². The minimum atomic E-state index is -0.582. The molecule has 0 aromatic carbocycles. The van der Waals surface area contributed by atoms with Gasteiger partial charge in [-0.3, -0.25) is 4.79 Å². The molecule has 25 heavy (non-hydrogen) atoms. The fraction of sp³-hybridized carbons (Fsp3) is 0.765. The SMILES string of the molecule is C/C(CC(C)(C)N=C=S)=N/N1C(=O)C(C)N2C(=S)NC(C)(C)CC12C. The van der Waals surface area contributed by atoms with Gasteiger partial charge in [-0.25, -0.2) is 10.0 Å². The van der Waals surface area contributed by atoms with Crippen LogP contribution in [0.25, 0.3) is 0 Å². The van der Waals surface area contributed by atoms with Gasteiger partial charge in [-0.15, -0.1) is 0 Å². The van der Waals surface area contributed by atoms with Gasteiger partial charge < -0.3 is 10.2 Å². The molecule has 0 radical (unpaired) electrons. The van der Waals surface area contributed by atoms with Crippen LogP contribution in [0, 0.1) is 0 Å². The number of aliphatic imine (C=N–C) groups is 1. The van der Waals surface area contributed by atoms with Gasteiger partial charge >= 0.3 is 0 Å². The zero-order valence-electron chi connectivity index (χ0n) is 16.0. The van der Waals surface area contributed by atoms with Crippen LogP contribution in [0.3, 0.4) is 0 Å². The molecule has 0 spiro atoms. The van der Waals surface area contributed by atoms with Gasteiger partial charge in [-0.2, -0.15) is 5.10 Å². The Hall–Kier alpha value is -1.37. The maximum Gasteiger partial charge on any atom is 0.267 e. The van der Waals surface area contributed by atoms with E-state index in [0.717, 1.165) is 5.71 Å². The predicted octanol–water partition coefficient (Wildman–Crippen LogP) is 2.94. The molecule has 1 amide bonds. The van der Waals surface area contributed by atoms with E-state index in [1.54, 1.807) is 5.01 Å². The van der Waals surface area contributed by atoms with Crippen molar-refractivity contribution in [3.05, 3.63) is 0 Å². The van der Waals surface area contributed by atoms with Crippen molar-refractivity contribution in [1.29, 1.82) is 0 Å². The highest BCUT2D eigenvalue weighted by Crippen LogP contribution is 2.41. The summed E-state index contributed by atoms with van der Waals surface area (Å²) in [4.78, 5) is 19.0. The Morgan fingerprint density at radius 2 is 2.04 bits per heavy atom. The minimum absolute atomic E-state index is 0.0418. The first kappa shape index (κ1) is 19.9. The standard InChI is InChI=1S/C17H27N5OS2/c1-11(8-15(3,4)18-10-24)20-22-13(23)12(2)21-14(25)19-16(5,6)9-17(21,22)7/h12H,8-9H2,1-7H3,(H,19,25)/b20-11-. The zero-order valence-corrected chi connectivity index (χ0v) is 17.6. The van der Waals surface area contributed by atoms with Crippen LogP contribution in [-0.2, 0) is 4.79 Å². The highest BCUT2D eigenvalue weighted by molar-refractivity contribution is 7.80. The molecule has 2 fully saturated rings. The molecule has 0 aromatic rings. The average molecular weight is 382 g/mol. The van der Waals surface area contributed by atoms with Gasteiger partial charge in [0.15, 0.2) is 5.11 Å². The first-order chi connectivity index (χ1) is 11.3. The second-order valence-corrected chi connectivity index (χ2v) is 9.00. The van der Waals surface area contributed by atoms with E-state index in [9.17, 15) is 4.79 Å². The minimum Gasteiger partial charge on any atom is -0.357 e. The molecular formula is C17H27N5OS2. The molecule has 1 N–H and O–H groups in total. The van der Waals surface area contributed by atoms with Crippen molar-refractivity contribution >= 4 is 46.3 Å². The lowest BCUT2D eigenvalue weighted by molar-refractivity contribution is -0.132. The topological polar surface area (TPSA) is 60.3 Å². The number of rotatable bonds is 4. The summed E-state index contributed by atoms with van der Waals surface area (Å²) < 4.78 is 0. The second kappa shape index (κ2) is 6.41. The van der Waals surface area contributed by atoms with E-state index in [4.69, 9.17) is 24.4 Å². The van der Waals surface area contributed by atoms with Crippen LogP contribution in [0.4, 0.5) is 0 Å². The van der Waals surface area contributed by atoms with Gasteiger partial charge in [0.2, 0.25) is 0 Å². The maximum atomic E-state index is 12.9. The van der Waals surface area contributed by atoms with E-state index >= 15 is 0 Å². The summed E-state index contributed by atoms with van der Waals surface area (Å²) in [7, 11) is 0. The third-order valence-electron chi connectivity index (χ3n) is 4.68. The van der Waals surface area contributed by atoms with E-state index < -0.39 is 11.2 Å². The predicted molar refractivity (Wildman–Crippen MR) is 108 cm³/mol. The first-order valence-corrected chi connectivity index (χ1v) is 9.23. The maximum absolute atomic E-state index is 12.9. The molecule has 0 bridgehead atoms. The van der Waals surface area contributed by atoms with E-state index in [1.807, 2.05) is 39.5 Å². The number of isothiocyanates is 1. The molecule has 138 valence electrons. The van der Waals surface area contributed by atoms with Crippen LogP contribution in [0.2, 0.25) is 0 Å². The van der Waals surface area contributed by atoms with E-state index in [1.165, 1.54) is 0 Å². The van der Waals surface area contributed by atoms with Crippen molar-refractivity contribution in [2.45, 2.75) is 84.1 Å². The van der Waals surface area contributed by atoms with Gasteiger partial charge in [0.25, 0.3) is 5.91 Å². The van der Waals surface area contributed by atoms with Gasteiger partial charge in [0.05, 0.1) is 10.7 Å². The van der Waals surface area contributed by atoms with Crippen molar-refractivity contribution < 1.29 is 4.79 Å². The fourth-order valence-electron chi connectivity index (χ4n) is 3.98. The summed E-state index contributed by atoms with van der Waals surface area (Å²) in [6.07, 6.45) is 1.31. The molecule has 6 nitrogen and oxygen atoms in total. The Balaban J connectivity index is 2.39. The lowest BCUT2D eigenvalue weighted by Gasteiger charge is -2.50. The molecule has 2 aliphatic heterocycles. The summed E-state index contributed by atoms with van der Waals surface area (Å²) in [6, 6.07) is -0.343. The molecule has 2 atom stereocenters. The molecule has 2 rings (SSSR count). The third-order valence-corrected chi connectivity index (χ3v) is 5.07. The highest BCUT2D eigenvalue weighted by atomic mass is 32.1. The Labute approximate surface area is 160 Å². The molecule has 0 saturated carbocycles. The van der Waals surface area contributed by atoms with Gasteiger partial charge in [0.1, 0.15) is 11.7 Å². The Bertz CT molecular complexity index is 681. The van der Waals surface area contributed by atoms with Crippen molar-refractivity contribution in [2.24, 2.45) is 10.1 Å². The molecule has 8 heteroatoms. The molecular weight excluding hydrogens is 354 g/mol. The molecule has 2 unspecified atom stereocenters. The first-order valence-electron chi connectivity index (χ1n) is 8.42. The van der Waals surface area contributed by atoms with Gasteiger partial charge in [-0.05, 0) is 72.9 Å². The van der Waals surface area contributed by atoms with Crippen molar-refractivity contribution in [3.8, 4) is 0 Å². The van der Waals surface area contributed by atoms with Crippen LogP contribution in [0.1, 0.15) is 61.3 Å². The average Bonchev–Trinajstić information content (AvgIpc) is 2.57. The smallest absolute Gasteiger partial charge is 0.267 e. The lowest BCUT2D eigenvalue weighted by Crippen LogP contribution is -2.67. The van der Waals surface area contributed by atoms with Gasteiger partial charge in [0, 0.05) is 24.1 Å². The van der Waals surface area contributed by atoms with Crippen LogP contribution < -0.4 is 5.32 Å². The number of amides is 1. The van der Waals surface area contributed by atoms with Gasteiger partial charge in [-0.1, -0.05) is 0 Å². The summed E-state index contributed by atoms with van der Waals surface area (Å²) in [5.41, 5.74) is -0.367. The fourth-order valence-corrected chi connectivity index (χ4v) is 4.86. The normalized spacial score (nSPS) is 29.2. The van der Waals surface area contributed by atoms with Crippen LogP contribution in [0.15, 0.2) is 10.1 Å². The van der Waals surface area contributed by atoms with Crippen molar-refractivity contribution in [2.75, 3.05) is 0 Å². The summed E-state index contributed by atoms with van der Waals surface area (Å²) in [5.74, 6) is -0.0418. The number of hydrazone groups is 1. The quantitative estimate of drug-likeness (QED) is 0.599. The van der Waals surface area contributed by atoms with Crippen molar-refractivity contribution in [1.82, 2.24) is 15.2 Å². The number of hydrogen-bond acceptors (Lipinski definition) is 5. The highest BCUT2D eigenvalue weighted by Gasteiger charge is 2.58. The lowest BCUT2D eigenvalue weighted by atomic mass is 9.88. The molecule has 0 aromatic heterocycles. The van der Waals surface area contributed by atoms with Crippen molar-refractivity contribution in [3.63, 3.8) is 0 Å². The van der Waals surface area contributed by atoms with E-state index in [-0.39, 0.29) is 17.5 Å². The number of hydrogen-bond donors (Lipinski definition) is 1. The second-order valence-electron chi connectivity index (χ2n) is 8.43. The summed E-state index contributed by atoms with van der Waals surface area (Å²) >= 11 is 10.2. The number of carbonyl (C=O) groups excluding carboxylic acids is 1. The number of fused-ring (bicyclic) bond motifs is 1. The van der Waals surface area contributed by atoms with Crippen LogP contribution >= 0.6 is 24.4 Å². The summed E-state index contributed by atoms with van der Waals surface area (Å²) in [6.45, 7) is 13.9. The Morgan fingerprint density at radius 3 is 2.60 bits per heavy atom. The molecule has 2 heterocycles.